The molecule has 0 aliphatic heterocycles. The van der Waals surface area contributed by atoms with Crippen molar-refractivity contribution in [2.45, 2.75) is 31.5 Å². The van der Waals surface area contributed by atoms with Crippen LogP contribution in [0.3, 0.4) is 0 Å². The Labute approximate surface area is 200 Å². The summed E-state index contributed by atoms with van der Waals surface area (Å²) >= 11 is 0. The van der Waals surface area contributed by atoms with Crippen LogP contribution in [0.1, 0.15) is 36.2 Å². The number of hydrogen-bond acceptors (Lipinski definition) is 7. The average Bonchev–Trinajstić information content (AvgIpc) is 3.15. The van der Waals surface area contributed by atoms with Crippen LogP contribution in [0.25, 0.3) is 33.4 Å². The number of ether oxygens (including phenoxy) is 1. The van der Waals surface area contributed by atoms with Crippen LogP contribution in [-0.2, 0) is 0 Å². The predicted octanol–water partition coefficient (Wildman–Crippen LogP) is 2.97. The molecule has 9 nitrogen and oxygen atoms in total. The first kappa shape index (κ1) is 22.8. The SMILES string of the molecule is CCOc1cc(-c2ccccc2)nc2c(F)c(-c3nn(C4CC(N)(O)C4)c(N)c3C(N)=O)ccc12. The number of halogens is 1. The molecule has 0 saturated heterocycles. The maximum absolute atomic E-state index is 16.1. The molecule has 2 aromatic carbocycles. The van der Waals surface area contributed by atoms with Crippen molar-refractivity contribution in [2.24, 2.45) is 11.5 Å². The van der Waals surface area contributed by atoms with E-state index < -0.39 is 17.4 Å². The van der Waals surface area contributed by atoms with Gasteiger partial charge in [-0.25, -0.2) is 14.1 Å². The summed E-state index contributed by atoms with van der Waals surface area (Å²) in [7, 11) is 0. The molecule has 0 unspecified atom stereocenters. The molecule has 2 heterocycles. The number of hydrogen-bond donors (Lipinski definition) is 4. The third-order valence-electron chi connectivity index (χ3n) is 6.22. The maximum atomic E-state index is 16.1. The Balaban J connectivity index is 1.70. The van der Waals surface area contributed by atoms with E-state index in [1.54, 1.807) is 12.1 Å². The fourth-order valence-corrected chi connectivity index (χ4v) is 4.53. The number of nitrogens with two attached hydrogens (primary N) is 3. The molecule has 180 valence electrons. The monoisotopic (exact) mass is 476 g/mol. The second kappa shape index (κ2) is 8.33. The number of rotatable bonds is 6. The summed E-state index contributed by atoms with van der Waals surface area (Å²) in [4.78, 5) is 16.9. The first-order valence-electron chi connectivity index (χ1n) is 11.2. The van der Waals surface area contributed by atoms with E-state index in [2.05, 4.69) is 10.1 Å². The highest BCUT2D eigenvalue weighted by Crippen LogP contribution is 2.42. The number of fused-ring (bicyclic) bond motifs is 1. The molecule has 1 saturated carbocycles. The van der Waals surface area contributed by atoms with Gasteiger partial charge in [-0.15, -0.1) is 0 Å². The van der Waals surface area contributed by atoms with Gasteiger partial charge in [0.05, 0.1) is 18.3 Å². The van der Waals surface area contributed by atoms with E-state index in [0.717, 1.165) is 5.56 Å². The summed E-state index contributed by atoms with van der Waals surface area (Å²) in [5, 5.41) is 14.8. The molecule has 2 aromatic heterocycles. The van der Waals surface area contributed by atoms with Crippen molar-refractivity contribution in [3.8, 4) is 28.3 Å². The third kappa shape index (κ3) is 3.86. The van der Waals surface area contributed by atoms with E-state index in [-0.39, 0.29) is 47.0 Å². The van der Waals surface area contributed by atoms with Crippen LogP contribution in [0, 0.1) is 5.82 Å². The molecule has 5 rings (SSSR count). The normalized spacial score (nSPS) is 19.5. The lowest BCUT2D eigenvalue weighted by atomic mass is 9.83. The summed E-state index contributed by atoms with van der Waals surface area (Å²) in [6, 6.07) is 14.0. The van der Waals surface area contributed by atoms with Gasteiger partial charge in [-0.3, -0.25) is 4.79 Å². The summed E-state index contributed by atoms with van der Waals surface area (Å²) in [5.41, 5.74) is 17.5. The lowest BCUT2D eigenvalue weighted by Gasteiger charge is -2.40. The number of pyridine rings is 1. The van der Waals surface area contributed by atoms with Gasteiger partial charge in [-0.05, 0) is 19.1 Å². The fraction of sp³-hybridized carbons (Fsp3) is 0.240. The zero-order chi connectivity index (χ0) is 24.9. The van der Waals surface area contributed by atoms with Gasteiger partial charge in [-0.2, -0.15) is 5.10 Å². The summed E-state index contributed by atoms with van der Waals surface area (Å²) < 4.78 is 23.2. The number of anilines is 1. The third-order valence-corrected chi connectivity index (χ3v) is 6.22. The van der Waals surface area contributed by atoms with E-state index in [9.17, 15) is 9.90 Å². The predicted molar refractivity (Wildman–Crippen MR) is 130 cm³/mol. The highest BCUT2D eigenvalue weighted by Gasteiger charge is 2.42. The van der Waals surface area contributed by atoms with Gasteiger partial charge in [0.25, 0.3) is 5.91 Å². The lowest BCUT2D eigenvalue weighted by Crippen LogP contribution is -2.52. The number of aromatic nitrogens is 3. The minimum Gasteiger partial charge on any atom is -0.493 e. The molecule has 1 aliphatic rings. The van der Waals surface area contributed by atoms with Crippen molar-refractivity contribution in [3.05, 3.63) is 59.9 Å². The second-order valence-electron chi connectivity index (χ2n) is 8.71. The largest absolute Gasteiger partial charge is 0.493 e. The standard InChI is InChI=1S/C25H25FN6O3/c1-2-35-18-10-17(13-6-4-3-5-7-13)30-22-15(18)8-9-16(20(22)26)21-19(24(28)33)23(27)32(31-21)14-11-25(29,34)12-14/h3-10,14,34H,2,11-12,27,29H2,1H3,(H2,28,33). The maximum Gasteiger partial charge on any atom is 0.254 e. The highest BCUT2D eigenvalue weighted by molar-refractivity contribution is 6.04. The lowest BCUT2D eigenvalue weighted by molar-refractivity contribution is -0.0643. The zero-order valence-corrected chi connectivity index (χ0v) is 19.0. The van der Waals surface area contributed by atoms with Gasteiger partial charge in [0, 0.05) is 35.4 Å². The van der Waals surface area contributed by atoms with Gasteiger partial charge in [-0.1, -0.05) is 30.3 Å². The molecule has 0 radical (unpaired) electrons. The zero-order valence-electron chi connectivity index (χ0n) is 19.0. The van der Waals surface area contributed by atoms with Crippen molar-refractivity contribution in [2.75, 3.05) is 12.3 Å². The second-order valence-corrected chi connectivity index (χ2v) is 8.71. The number of nitrogens with zero attached hydrogens (tertiary/aromatic N) is 3. The Morgan fingerprint density at radius 2 is 1.97 bits per heavy atom. The van der Waals surface area contributed by atoms with Gasteiger partial charge in [0.15, 0.2) is 5.82 Å². The number of benzene rings is 2. The quantitative estimate of drug-likeness (QED) is 0.312. The Bertz CT molecular complexity index is 1440. The molecule has 0 spiro atoms. The number of nitrogen functional groups attached to an aromatic ring is 1. The Morgan fingerprint density at radius 1 is 1.26 bits per heavy atom. The molecule has 0 atom stereocenters. The summed E-state index contributed by atoms with van der Waals surface area (Å²) in [5.74, 6) is -1.05. The molecule has 35 heavy (non-hydrogen) atoms. The molecular weight excluding hydrogens is 451 g/mol. The van der Waals surface area contributed by atoms with E-state index in [1.165, 1.54) is 10.7 Å². The Kier molecular flexibility index (Phi) is 5.42. The molecule has 4 aromatic rings. The van der Waals surface area contributed by atoms with Gasteiger partial charge >= 0.3 is 0 Å². The Hall–Kier alpha value is -4.02. The summed E-state index contributed by atoms with van der Waals surface area (Å²) in [6.07, 6.45) is 0.382. The van der Waals surface area contributed by atoms with Crippen LogP contribution < -0.4 is 21.9 Å². The van der Waals surface area contributed by atoms with Gasteiger partial charge in [0.2, 0.25) is 0 Å². The number of amides is 1. The molecule has 7 N–H and O–H groups in total. The highest BCUT2D eigenvalue weighted by atomic mass is 19.1. The van der Waals surface area contributed by atoms with Crippen LogP contribution in [0.4, 0.5) is 10.2 Å². The number of primary amides is 1. The van der Waals surface area contributed by atoms with Crippen molar-refractivity contribution < 1.29 is 19.0 Å². The van der Waals surface area contributed by atoms with E-state index in [1.807, 2.05) is 37.3 Å². The first-order valence-corrected chi connectivity index (χ1v) is 11.2. The van der Waals surface area contributed by atoms with Crippen LogP contribution >= 0.6 is 0 Å². The van der Waals surface area contributed by atoms with Crippen LogP contribution in [0.5, 0.6) is 5.75 Å². The van der Waals surface area contributed by atoms with Crippen molar-refractivity contribution >= 4 is 22.6 Å². The summed E-state index contributed by atoms with van der Waals surface area (Å²) in [6.45, 7) is 2.23. The van der Waals surface area contributed by atoms with Crippen molar-refractivity contribution in [1.82, 2.24) is 14.8 Å². The minimum absolute atomic E-state index is 0.00602. The van der Waals surface area contributed by atoms with Crippen molar-refractivity contribution in [1.29, 1.82) is 0 Å². The molecule has 1 aliphatic carbocycles. The van der Waals surface area contributed by atoms with E-state index >= 15 is 4.39 Å². The molecule has 0 bridgehead atoms. The first-order chi connectivity index (χ1) is 16.7. The number of carbonyl (C=O) groups is 1. The molecule has 10 heteroatoms. The number of aliphatic hydroxyl groups is 1. The van der Waals surface area contributed by atoms with E-state index in [0.29, 0.717) is 23.4 Å². The van der Waals surface area contributed by atoms with Crippen LogP contribution in [0.2, 0.25) is 0 Å². The van der Waals surface area contributed by atoms with Crippen LogP contribution in [-0.4, -0.2) is 38.1 Å². The minimum atomic E-state index is -1.34. The Morgan fingerprint density at radius 3 is 2.60 bits per heavy atom. The van der Waals surface area contributed by atoms with Gasteiger partial charge in [0.1, 0.15) is 34.1 Å². The fourth-order valence-electron chi connectivity index (χ4n) is 4.53. The average molecular weight is 477 g/mol. The van der Waals surface area contributed by atoms with E-state index in [4.69, 9.17) is 21.9 Å². The molecule has 1 amide bonds. The molecular formula is C25H25FN6O3. The van der Waals surface area contributed by atoms with Gasteiger partial charge < -0.3 is 27.0 Å². The van der Waals surface area contributed by atoms with Crippen LogP contribution in [0.15, 0.2) is 48.5 Å². The smallest absolute Gasteiger partial charge is 0.254 e. The molecule has 1 fully saturated rings. The topological polar surface area (TPSA) is 155 Å². The van der Waals surface area contributed by atoms with Crippen molar-refractivity contribution in [3.63, 3.8) is 0 Å². The number of carbonyl (C=O) groups excluding carboxylic acids is 1.